The fourth-order valence-electron chi connectivity index (χ4n) is 2.66. The molecule has 154 valence electrons. The molecular weight excluding hydrogens is 397 g/mol. The fraction of sp³-hybridized carbons (Fsp3) is 0.278. The van der Waals surface area contributed by atoms with Crippen LogP contribution in [0.15, 0.2) is 36.4 Å². The number of benzene rings is 2. The van der Waals surface area contributed by atoms with Gasteiger partial charge in [-0.05, 0) is 18.2 Å². The highest BCUT2D eigenvalue weighted by molar-refractivity contribution is 5.98. The van der Waals surface area contributed by atoms with Crippen molar-refractivity contribution >= 4 is 11.6 Å². The van der Waals surface area contributed by atoms with E-state index in [2.05, 4.69) is 10.1 Å². The van der Waals surface area contributed by atoms with Crippen LogP contribution in [0.3, 0.4) is 0 Å². The van der Waals surface area contributed by atoms with Crippen LogP contribution in [-0.2, 0) is 6.54 Å². The molecule has 0 spiro atoms. The van der Waals surface area contributed by atoms with Gasteiger partial charge in [0.1, 0.15) is 24.5 Å². The molecule has 0 aliphatic carbocycles. The van der Waals surface area contributed by atoms with Gasteiger partial charge in [-0.25, -0.2) is 0 Å². The highest BCUT2D eigenvalue weighted by atomic mass is 19.4. The second kappa shape index (κ2) is 8.25. The molecule has 0 saturated heterocycles. The van der Waals surface area contributed by atoms with Crippen molar-refractivity contribution in [3.63, 3.8) is 0 Å². The molecule has 1 N–H and O–H groups in total. The lowest BCUT2D eigenvalue weighted by Crippen LogP contribution is -2.25. The second-order valence-corrected chi connectivity index (χ2v) is 5.96. The molecule has 1 aliphatic rings. The summed E-state index contributed by atoms with van der Waals surface area (Å²) in [4.78, 5) is 22.9. The van der Waals surface area contributed by atoms with E-state index in [-0.39, 0.29) is 12.3 Å². The monoisotopic (exact) mass is 412 g/mol. The number of carbonyl (C=O) groups is 1. The van der Waals surface area contributed by atoms with Crippen LogP contribution in [0.5, 0.6) is 17.2 Å². The van der Waals surface area contributed by atoms with E-state index in [1.807, 2.05) is 0 Å². The molecule has 0 radical (unpaired) electrons. The molecule has 8 nitrogen and oxygen atoms in total. The lowest BCUT2D eigenvalue weighted by molar-refractivity contribution is -0.385. The summed E-state index contributed by atoms with van der Waals surface area (Å²) in [6, 6.07) is 7.90. The number of hydrogen-bond acceptors (Lipinski definition) is 6. The molecule has 0 unspecified atom stereocenters. The highest BCUT2D eigenvalue weighted by Gasteiger charge is 2.29. The van der Waals surface area contributed by atoms with E-state index in [1.165, 1.54) is 0 Å². The molecular formula is C18H15F3N2O6. The van der Waals surface area contributed by atoms with E-state index < -0.39 is 34.9 Å². The van der Waals surface area contributed by atoms with Gasteiger partial charge in [0.25, 0.3) is 11.6 Å². The molecule has 2 aromatic rings. The standard InChI is InChI=1S/C18H15F3N2O6/c19-18(20,21)10-29-12-4-5-14(23(25)26)13(8-12)17(24)22-9-11-2-1-3-15-16(11)28-7-6-27-15/h1-5,8H,6-7,9-10H2,(H,22,24). The largest absolute Gasteiger partial charge is 0.486 e. The third kappa shape index (κ3) is 5.06. The van der Waals surface area contributed by atoms with Gasteiger partial charge in [0.05, 0.1) is 4.92 Å². The Kier molecular flexibility index (Phi) is 5.76. The molecule has 11 heteroatoms. The van der Waals surface area contributed by atoms with Crippen molar-refractivity contribution in [3.05, 3.63) is 57.6 Å². The van der Waals surface area contributed by atoms with Gasteiger partial charge < -0.3 is 19.5 Å². The van der Waals surface area contributed by atoms with Crippen molar-refractivity contribution in [3.8, 4) is 17.2 Å². The number of para-hydroxylation sites is 1. The normalized spacial score (nSPS) is 12.9. The maximum atomic E-state index is 12.5. The van der Waals surface area contributed by atoms with E-state index >= 15 is 0 Å². The zero-order chi connectivity index (χ0) is 21.0. The lowest BCUT2D eigenvalue weighted by atomic mass is 10.1. The number of ether oxygens (including phenoxy) is 3. The quantitative estimate of drug-likeness (QED) is 0.578. The van der Waals surface area contributed by atoms with Crippen LogP contribution in [-0.4, -0.2) is 36.8 Å². The van der Waals surface area contributed by atoms with E-state index in [0.717, 1.165) is 18.2 Å². The average Bonchev–Trinajstić information content (AvgIpc) is 2.69. The number of halogens is 3. The number of nitro benzene ring substituents is 1. The van der Waals surface area contributed by atoms with E-state index in [4.69, 9.17) is 9.47 Å². The van der Waals surface area contributed by atoms with Gasteiger partial charge in [0.2, 0.25) is 0 Å². The van der Waals surface area contributed by atoms with Gasteiger partial charge in [-0.15, -0.1) is 0 Å². The van der Waals surface area contributed by atoms with Gasteiger partial charge >= 0.3 is 6.18 Å². The summed E-state index contributed by atoms with van der Waals surface area (Å²) in [6.45, 7) is -0.892. The van der Waals surface area contributed by atoms with Gasteiger partial charge in [-0.3, -0.25) is 14.9 Å². The third-order valence-electron chi connectivity index (χ3n) is 3.90. The van der Waals surface area contributed by atoms with Gasteiger partial charge in [-0.1, -0.05) is 12.1 Å². The Morgan fingerprint density at radius 3 is 2.69 bits per heavy atom. The van der Waals surface area contributed by atoms with Crippen LogP contribution < -0.4 is 19.5 Å². The minimum Gasteiger partial charge on any atom is -0.486 e. The molecule has 1 amide bonds. The molecule has 0 saturated carbocycles. The van der Waals surface area contributed by atoms with Gasteiger partial charge in [0.15, 0.2) is 18.1 Å². The number of amides is 1. The number of hydrogen-bond donors (Lipinski definition) is 1. The molecule has 0 fully saturated rings. The Labute approximate surface area is 162 Å². The van der Waals surface area contributed by atoms with Crippen LogP contribution in [0.25, 0.3) is 0 Å². The first-order valence-corrected chi connectivity index (χ1v) is 8.38. The van der Waals surface area contributed by atoms with Gasteiger partial charge in [0, 0.05) is 18.2 Å². The summed E-state index contributed by atoms with van der Waals surface area (Å²) < 4.78 is 52.5. The third-order valence-corrected chi connectivity index (χ3v) is 3.90. The minimum absolute atomic E-state index is 0.0316. The van der Waals surface area contributed by atoms with E-state index in [9.17, 15) is 28.1 Å². The minimum atomic E-state index is -4.58. The van der Waals surface area contributed by atoms with Crippen LogP contribution in [0.4, 0.5) is 18.9 Å². The predicted octanol–water partition coefficient (Wildman–Crippen LogP) is 3.24. The molecule has 29 heavy (non-hydrogen) atoms. The Morgan fingerprint density at radius 2 is 1.97 bits per heavy atom. The number of fused-ring (bicyclic) bond motifs is 1. The number of rotatable bonds is 6. The summed E-state index contributed by atoms with van der Waals surface area (Å²) in [5.74, 6) is -0.192. The Bertz CT molecular complexity index is 932. The first-order chi connectivity index (χ1) is 13.7. The zero-order valence-electron chi connectivity index (χ0n) is 14.8. The molecule has 0 bridgehead atoms. The average molecular weight is 412 g/mol. The molecule has 1 aliphatic heterocycles. The first kappa shape index (κ1) is 20.2. The zero-order valence-corrected chi connectivity index (χ0v) is 14.8. The molecule has 0 aromatic heterocycles. The smallest absolute Gasteiger partial charge is 0.422 e. The highest BCUT2D eigenvalue weighted by Crippen LogP contribution is 2.33. The van der Waals surface area contributed by atoms with Gasteiger partial charge in [-0.2, -0.15) is 13.2 Å². The van der Waals surface area contributed by atoms with Crippen molar-refractivity contribution in [2.45, 2.75) is 12.7 Å². The summed E-state index contributed by atoms with van der Waals surface area (Å²) in [5, 5.41) is 13.7. The molecule has 3 rings (SSSR count). The van der Waals surface area contributed by atoms with Crippen LogP contribution in [0.2, 0.25) is 0 Å². The number of nitrogens with zero attached hydrogens (tertiary/aromatic N) is 1. The van der Waals surface area contributed by atoms with Crippen molar-refractivity contribution in [2.75, 3.05) is 19.8 Å². The Morgan fingerprint density at radius 1 is 1.21 bits per heavy atom. The van der Waals surface area contributed by atoms with Crippen molar-refractivity contribution in [2.24, 2.45) is 0 Å². The predicted molar refractivity (Wildman–Crippen MR) is 93.2 cm³/mol. The van der Waals surface area contributed by atoms with Crippen molar-refractivity contribution in [1.29, 1.82) is 0 Å². The summed E-state index contributed by atoms with van der Waals surface area (Å²) in [6.07, 6.45) is -4.58. The molecule has 0 atom stereocenters. The van der Waals surface area contributed by atoms with Crippen LogP contribution >= 0.6 is 0 Å². The Hall–Kier alpha value is -3.50. The van der Waals surface area contributed by atoms with E-state index in [1.54, 1.807) is 18.2 Å². The summed E-state index contributed by atoms with van der Waals surface area (Å²) in [7, 11) is 0. The number of alkyl halides is 3. The topological polar surface area (TPSA) is 99.9 Å². The molecule has 1 heterocycles. The first-order valence-electron chi connectivity index (χ1n) is 8.38. The van der Waals surface area contributed by atoms with E-state index in [0.29, 0.717) is 30.3 Å². The van der Waals surface area contributed by atoms with Crippen LogP contribution in [0, 0.1) is 10.1 Å². The SMILES string of the molecule is O=C(NCc1cccc2c1OCCO2)c1cc(OCC(F)(F)F)ccc1[N+](=O)[O-]. The maximum absolute atomic E-state index is 12.5. The molecule has 2 aromatic carbocycles. The number of carbonyl (C=O) groups excluding carboxylic acids is 1. The summed E-state index contributed by atoms with van der Waals surface area (Å²) in [5.41, 5.74) is -0.393. The number of nitro groups is 1. The van der Waals surface area contributed by atoms with Crippen LogP contribution in [0.1, 0.15) is 15.9 Å². The second-order valence-electron chi connectivity index (χ2n) is 5.96. The fourth-order valence-corrected chi connectivity index (χ4v) is 2.66. The van der Waals surface area contributed by atoms with Crippen molar-refractivity contribution < 1.29 is 37.1 Å². The Balaban J connectivity index is 1.78. The van der Waals surface area contributed by atoms with Crippen molar-refractivity contribution in [1.82, 2.24) is 5.32 Å². The maximum Gasteiger partial charge on any atom is 0.422 e. The number of nitrogens with one attached hydrogen (secondary N) is 1. The summed E-state index contributed by atoms with van der Waals surface area (Å²) >= 11 is 0. The lowest BCUT2D eigenvalue weighted by Gasteiger charge is -2.21.